The van der Waals surface area contributed by atoms with Gasteiger partial charge in [-0.05, 0) is 59.8 Å². The first-order valence-electron chi connectivity index (χ1n) is 14.1. The molecule has 0 unspecified atom stereocenters. The molecule has 42 heavy (non-hydrogen) atoms. The Bertz CT molecular complexity index is 2270. The van der Waals surface area contributed by atoms with Crippen molar-refractivity contribution in [1.82, 2.24) is 9.55 Å². The van der Waals surface area contributed by atoms with E-state index >= 15 is 0 Å². The van der Waals surface area contributed by atoms with Crippen molar-refractivity contribution in [3.8, 4) is 22.6 Å². The van der Waals surface area contributed by atoms with Crippen molar-refractivity contribution in [2.45, 2.75) is 6.61 Å². The van der Waals surface area contributed by atoms with E-state index in [0.717, 1.165) is 44.8 Å². The highest BCUT2D eigenvalue weighted by Gasteiger charge is 2.17. The number of fused-ring (bicyclic) bond motifs is 7. The average Bonchev–Trinajstić information content (AvgIpc) is 3.60. The minimum absolute atomic E-state index is 0.467. The van der Waals surface area contributed by atoms with E-state index in [1.807, 2.05) is 24.3 Å². The van der Waals surface area contributed by atoms with E-state index in [2.05, 4.69) is 130 Å². The number of ether oxygens (including phenoxy) is 1. The lowest BCUT2D eigenvalue weighted by atomic mass is 10.0. The van der Waals surface area contributed by atoms with Crippen LogP contribution in [0.25, 0.3) is 60.4 Å². The van der Waals surface area contributed by atoms with Crippen LogP contribution in [0.1, 0.15) is 5.56 Å². The quantitative estimate of drug-likeness (QED) is 0.209. The van der Waals surface area contributed by atoms with Gasteiger partial charge < -0.3 is 14.3 Å². The molecule has 4 heteroatoms. The number of aliphatic imine (C=N–C) groups is 1. The highest BCUT2D eigenvalue weighted by Crippen LogP contribution is 2.39. The van der Waals surface area contributed by atoms with Crippen LogP contribution in [0.3, 0.4) is 0 Å². The summed E-state index contributed by atoms with van der Waals surface area (Å²) in [6, 6.07) is 46.8. The number of benzene rings is 6. The molecule has 0 atom stereocenters. The maximum atomic E-state index is 6.03. The molecule has 2 aromatic heterocycles. The molecular weight excluding hydrogens is 514 g/mol. The summed E-state index contributed by atoms with van der Waals surface area (Å²) >= 11 is 0. The smallest absolute Gasteiger partial charge is 0.145 e. The fraction of sp³-hybridized carbons (Fsp3) is 0.0263. The van der Waals surface area contributed by atoms with Gasteiger partial charge in [-0.1, -0.05) is 97.1 Å². The van der Waals surface area contributed by atoms with E-state index in [0.29, 0.717) is 6.61 Å². The van der Waals surface area contributed by atoms with Crippen LogP contribution in [0.15, 0.2) is 138 Å². The Morgan fingerprint density at radius 2 is 1.40 bits per heavy atom. The van der Waals surface area contributed by atoms with E-state index in [4.69, 9.17) is 4.74 Å². The number of rotatable bonds is 6. The zero-order valence-corrected chi connectivity index (χ0v) is 22.9. The third-order valence-electron chi connectivity index (χ3n) is 8.14. The predicted octanol–water partition coefficient (Wildman–Crippen LogP) is 10.00. The largest absolute Gasteiger partial charge is 0.487 e. The van der Waals surface area contributed by atoms with E-state index < -0.39 is 0 Å². The van der Waals surface area contributed by atoms with Gasteiger partial charge >= 0.3 is 0 Å². The molecule has 4 nitrogen and oxygen atoms in total. The molecule has 0 saturated carbocycles. The summed E-state index contributed by atoms with van der Waals surface area (Å²) in [5.74, 6) is 0.736. The third-order valence-corrected chi connectivity index (χ3v) is 8.14. The van der Waals surface area contributed by atoms with Gasteiger partial charge in [0.15, 0.2) is 0 Å². The van der Waals surface area contributed by atoms with Gasteiger partial charge in [0, 0.05) is 32.7 Å². The van der Waals surface area contributed by atoms with Gasteiger partial charge in [-0.25, -0.2) is 0 Å². The van der Waals surface area contributed by atoms with Crippen LogP contribution < -0.4 is 4.74 Å². The van der Waals surface area contributed by atoms with Gasteiger partial charge in [0.25, 0.3) is 0 Å². The Balaban J connectivity index is 1.21. The molecule has 0 aliphatic rings. The van der Waals surface area contributed by atoms with Gasteiger partial charge in [-0.15, -0.1) is 0 Å². The normalized spacial score (nSPS) is 11.5. The van der Waals surface area contributed by atoms with Crippen molar-refractivity contribution in [2.24, 2.45) is 4.99 Å². The van der Waals surface area contributed by atoms with Crippen molar-refractivity contribution in [3.63, 3.8) is 0 Å². The first-order valence-corrected chi connectivity index (χ1v) is 14.1. The van der Waals surface area contributed by atoms with Gasteiger partial charge in [0.05, 0.1) is 16.6 Å². The molecule has 0 amide bonds. The lowest BCUT2D eigenvalue weighted by Gasteiger charge is -2.12. The van der Waals surface area contributed by atoms with E-state index in [1.54, 1.807) is 0 Å². The maximum Gasteiger partial charge on any atom is 0.145 e. The molecule has 8 aromatic rings. The van der Waals surface area contributed by atoms with E-state index in [1.165, 1.54) is 32.6 Å². The van der Waals surface area contributed by atoms with Gasteiger partial charge in [0.2, 0.25) is 0 Å². The second-order valence-electron chi connectivity index (χ2n) is 10.6. The molecule has 6 aromatic carbocycles. The Hall–Kier alpha value is -5.61. The van der Waals surface area contributed by atoms with Gasteiger partial charge in [-0.3, -0.25) is 4.99 Å². The minimum atomic E-state index is 0.467. The molecular formula is C38H27N3O. The second kappa shape index (κ2) is 9.79. The Morgan fingerprint density at radius 3 is 2.29 bits per heavy atom. The fourth-order valence-electron chi connectivity index (χ4n) is 6.13. The first kappa shape index (κ1) is 24.2. The third kappa shape index (κ3) is 3.88. The van der Waals surface area contributed by atoms with Crippen molar-refractivity contribution in [2.75, 3.05) is 0 Å². The number of para-hydroxylation sites is 4. The zero-order valence-electron chi connectivity index (χ0n) is 22.9. The summed E-state index contributed by atoms with van der Waals surface area (Å²) in [5, 5.41) is 4.97. The molecule has 0 radical (unpaired) electrons. The number of nitrogens with zero attached hydrogens (tertiary/aromatic N) is 2. The van der Waals surface area contributed by atoms with Crippen LogP contribution in [-0.4, -0.2) is 16.3 Å². The molecule has 0 fully saturated rings. The van der Waals surface area contributed by atoms with Crippen LogP contribution in [0, 0.1) is 0 Å². The molecule has 2 heterocycles. The summed E-state index contributed by atoms with van der Waals surface area (Å²) < 4.78 is 8.43. The minimum Gasteiger partial charge on any atom is -0.487 e. The lowest BCUT2D eigenvalue weighted by molar-refractivity contribution is 0.307. The number of hydrogen-bond acceptors (Lipinski definition) is 2. The van der Waals surface area contributed by atoms with Crippen molar-refractivity contribution >= 4 is 56.0 Å². The number of aromatic nitrogens is 2. The summed E-state index contributed by atoms with van der Waals surface area (Å²) in [6.45, 7) is 4.11. The first-order chi connectivity index (χ1) is 20.8. The summed E-state index contributed by atoms with van der Waals surface area (Å²) in [7, 11) is 0. The average molecular weight is 542 g/mol. The molecule has 0 spiro atoms. The molecule has 0 aliphatic heterocycles. The lowest BCUT2D eigenvalue weighted by Crippen LogP contribution is -1.96. The number of H-pyrrole nitrogens is 1. The standard InChI is InChI=1S/C38H27N3O/c1-39-34-14-5-7-16-36(34)42-24-25-17-19-26(20-18-25)27-9-8-10-28(23-27)41-35-15-6-3-12-30(35)32-22-21-31-29-11-2-4-13-33(29)40-37(31)38(32)41/h2-23,40H,1,24H2. The number of hydrogen-bond donors (Lipinski definition) is 1. The highest BCUT2D eigenvalue weighted by molar-refractivity contribution is 6.22. The highest BCUT2D eigenvalue weighted by atomic mass is 16.5. The summed E-state index contributed by atoms with van der Waals surface area (Å²) in [5.41, 5.74) is 10.00. The van der Waals surface area contributed by atoms with Crippen LogP contribution in [0.4, 0.5) is 5.69 Å². The van der Waals surface area contributed by atoms with E-state index in [-0.39, 0.29) is 0 Å². The maximum absolute atomic E-state index is 6.03. The van der Waals surface area contributed by atoms with Crippen LogP contribution in [0.5, 0.6) is 5.75 Å². The molecule has 0 bridgehead atoms. The van der Waals surface area contributed by atoms with E-state index in [9.17, 15) is 0 Å². The molecule has 200 valence electrons. The molecule has 8 rings (SSSR count). The van der Waals surface area contributed by atoms with Crippen LogP contribution in [-0.2, 0) is 6.61 Å². The Kier molecular flexibility index (Phi) is 5.64. The second-order valence-corrected chi connectivity index (χ2v) is 10.6. The van der Waals surface area contributed by atoms with Crippen LogP contribution >= 0.6 is 0 Å². The van der Waals surface area contributed by atoms with Crippen molar-refractivity contribution in [3.05, 3.63) is 139 Å². The fourth-order valence-corrected chi connectivity index (χ4v) is 6.13. The molecule has 0 aliphatic carbocycles. The van der Waals surface area contributed by atoms with Gasteiger partial charge in [0.1, 0.15) is 18.0 Å². The number of aromatic amines is 1. The summed E-state index contributed by atoms with van der Waals surface area (Å²) in [6.07, 6.45) is 0. The summed E-state index contributed by atoms with van der Waals surface area (Å²) in [4.78, 5) is 7.79. The zero-order chi connectivity index (χ0) is 28.0. The number of nitrogens with one attached hydrogen (secondary N) is 1. The Morgan fingerprint density at radius 1 is 0.643 bits per heavy atom. The molecule has 1 N–H and O–H groups in total. The Labute approximate surface area is 243 Å². The topological polar surface area (TPSA) is 42.3 Å². The monoisotopic (exact) mass is 541 g/mol. The van der Waals surface area contributed by atoms with Crippen molar-refractivity contribution in [1.29, 1.82) is 0 Å². The van der Waals surface area contributed by atoms with Gasteiger partial charge in [-0.2, -0.15) is 0 Å². The predicted molar refractivity (Wildman–Crippen MR) is 176 cm³/mol. The van der Waals surface area contributed by atoms with Crippen molar-refractivity contribution < 1.29 is 4.74 Å². The molecule has 0 saturated heterocycles. The van der Waals surface area contributed by atoms with Crippen LogP contribution in [0.2, 0.25) is 0 Å². The SMILES string of the molecule is C=Nc1ccccc1OCc1ccc(-c2cccc(-n3c4ccccc4c4ccc5c6ccccc6[nH]c5c43)c2)cc1.